The minimum Gasteiger partial charge on any atom is -0.444 e. The lowest BCUT2D eigenvalue weighted by Gasteiger charge is -2.28. The fourth-order valence-corrected chi connectivity index (χ4v) is 4.54. The summed E-state index contributed by atoms with van der Waals surface area (Å²) in [5, 5.41) is 11.4. The van der Waals surface area contributed by atoms with Crippen molar-refractivity contribution in [2.24, 2.45) is 0 Å². The maximum absolute atomic E-state index is 15.0. The molecule has 2 N–H and O–H groups in total. The second-order valence-corrected chi connectivity index (χ2v) is 10.1. The molecule has 4 heterocycles. The summed E-state index contributed by atoms with van der Waals surface area (Å²) < 4.78 is 27.8. The van der Waals surface area contributed by atoms with Gasteiger partial charge in [-0.2, -0.15) is 5.10 Å². The molecule has 5 rings (SSSR count). The predicted octanol–water partition coefficient (Wildman–Crippen LogP) is 3.74. The number of aromatic nitrogens is 4. The van der Waals surface area contributed by atoms with Gasteiger partial charge in [0.15, 0.2) is 11.5 Å². The quantitative estimate of drug-likeness (QED) is 0.562. The van der Waals surface area contributed by atoms with Crippen molar-refractivity contribution in [3.63, 3.8) is 0 Å². The molecule has 0 unspecified atom stereocenters. The van der Waals surface area contributed by atoms with Gasteiger partial charge in [-0.3, -0.25) is 5.32 Å². The number of nitrogens with zero attached hydrogens (tertiary/aromatic N) is 5. The van der Waals surface area contributed by atoms with Gasteiger partial charge in [-0.15, -0.1) is 0 Å². The lowest BCUT2D eigenvalue weighted by atomic mass is 10.1. The van der Waals surface area contributed by atoms with Crippen molar-refractivity contribution in [3.8, 4) is 11.4 Å². The zero-order valence-corrected chi connectivity index (χ0v) is 20.9. The van der Waals surface area contributed by atoms with E-state index in [9.17, 15) is 4.79 Å². The van der Waals surface area contributed by atoms with Crippen molar-refractivity contribution in [1.29, 1.82) is 0 Å². The third kappa shape index (κ3) is 5.26. The monoisotopic (exact) mass is 497 g/mol. The number of morpholine rings is 1. The highest BCUT2D eigenvalue weighted by atomic mass is 19.1. The summed E-state index contributed by atoms with van der Waals surface area (Å²) in [6.45, 7) is 9.75. The number of ether oxygens (including phenoxy) is 2. The molecule has 1 amide bonds. The van der Waals surface area contributed by atoms with Crippen LogP contribution in [0.25, 0.3) is 22.4 Å². The standard InChI is InChI=1S/C25H32FN7O3/c1-25(2,3)36-24(34)29-20-5-4-16(14-19(20)26)21-30-22(32-10-12-35-13-11-32)18-15-28-33(23(18)31-21)17-6-8-27-9-7-17/h4-5,14-15,17,27H,6-13H2,1-3H3,(H,29,34). The first-order valence-corrected chi connectivity index (χ1v) is 12.4. The Bertz CT molecular complexity index is 1240. The van der Waals surface area contributed by atoms with E-state index in [1.54, 1.807) is 26.8 Å². The number of piperidine rings is 1. The van der Waals surface area contributed by atoms with Crippen LogP contribution in [-0.4, -0.2) is 70.8 Å². The number of amides is 1. The van der Waals surface area contributed by atoms with Crippen LogP contribution < -0.4 is 15.5 Å². The number of anilines is 2. The summed E-state index contributed by atoms with van der Waals surface area (Å²) in [6, 6.07) is 4.77. The van der Waals surface area contributed by atoms with E-state index in [0.29, 0.717) is 37.7 Å². The molecule has 0 bridgehead atoms. The van der Waals surface area contributed by atoms with Crippen molar-refractivity contribution in [2.45, 2.75) is 45.3 Å². The van der Waals surface area contributed by atoms with Gasteiger partial charge in [-0.25, -0.2) is 23.8 Å². The van der Waals surface area contributed by atoms with E-state index in [0.717, 1.165) is 42.8 Å². The van der Waals surface area contributed by atoms with Gasteiger partial charge in [-0.1, -0.05) is 0 Å². The van der Waals surface area contributed by atoms with Crippen LogP contribution in [0.15, 0.2) is 24.4 Å². The van der Waals surface area contributed by atoms with Crippen LogP contribution in [0.3, 0.4) is 0 Å². The fourth-order valence-electron chi connectivity index (χ4n) is 4.54. The molecule has 0 spiro atoms. The number of rotatable bonds is 4. The summed E-state index contributed by atoms with van der Waals surface area (Å²) in [5.74, 6) is 0.582. The van der Waals surface area contributed by atoms with Crippen LogP contribution in [0.4, 0.5) is 20.7 Å². The van der Waals surface area contributed by atoms with Crippen molar-refractivity contribution >= 4 is 28.6 Å². The number of carbonyl (C=O) groups excluding carboxylic acids is 1. The van der Waals surface area contributed by atoms with Crippen LogP contribution in [0.1, 0.15) is 39.7 Å². The topological polar surface area (TPSA) is 106 Å². The smallest absolute Gasteiger partial charge is 0.412 e. The minimum absolute atomic E-state index is 0.0298. The van der Waals surface area contributed by atoms with E-state index < -0.39 is 17.5 Å². The van der Waals surface area contributed by atoms with Gasteiger partial charge >= 0.3 is 6.09 Å². The van der Waals surface area contributed by atoms with Crippen molar-refractivity contribution in [2.75, 3.05) is 49.6 Å². The molecule has 192 valence electrons. The van der Waals surface area contributed by atoms with Crippen LogP contribution in [0, 0.1) is 5.82 Å². The molecule has 0 atom stereocenters. The number of carbonyl (C=O) groups is 1. The third-order valence-electron chi connectivity index (χ3n) is 6.26. The molecular formula is C25H32FN7O3. The molecule has 11 heteroatoms. The Morgan fingerprint density at radius 2 is 1.94 bits per heavy atom. The normalized spacial score (nSPS) is 17.4. The van der Waals surface area contributed by atoms with Gasteiger partial charge < -0.3 is 19.7 Å². The highest BCUT2D eigenvalue weighted by Gasteiger charge is 2.25. The van der Waals surface area contributed by atoms with E-state index in [-0.39, 0.29) is 11.7 Å². The third-order valence-corrected chi connectivity index (χ3v) is 6.26. The number of benzene rings is 1. The first-order chi connectivity index (χ1) is 17.3. The lowest BCUT2D eigenvalue weighted by molar-refractivity contribution is 0.0635. The maximum Gasteiger partial charge on any atom is 0.412 e. The van der Waals surface area contributed by atoms with Gasteiger partial charge in [0.2, 0.25) is 0 Å². The number of nitrogens with one attached hydrogen (secondary N) is 2. The second kappa shape index (κ2) is 9.98. The van der Waals surface area contributed by atoms with Gasteiger partial charge in [0.25, 0.3) is 0 Å². The molecule has 10 nitrogen and oxygen atoms in total. The van der Waals surface area contributed by atoms with Crippen LogP contribution in [0.2, 0.25) is 0 Å². The average Bonchev–Trinajstić information content (AvgIpc) is 3.29. The Kier molecular flexibility index (Phi) is 6.76. The van der Waals surface area contributed by atoms with Gasteiger partial charge in [-0.05, 0) is 64.9 Å². The summed E-state index contributed by atoms with van der Waals surface area (Å²) in [4.78, 5) is 24.0. The molecule has 2 aliphatic heterocycles. The number of hydrogen-bond donors (Lipinski definition) is 2. The van der Waals surface area contributed by atoms with Gasteiger partial charge in [0.05, 0.1) is 36.5 Å². The highest BCUT2D eigenvalue weighted by molar-refractivity contribution is 5.89. The number of halogens is 1. The zero-order chi connectivity index (χ0) is 25.3. The largest absolute Gasteiger partial charge is 0.444 e. The summed E-state index contributed by atoms with van der Waals surface area (Å²) in [7, 11) is 0. The van der Waals surface area contributed by atoms with Crippen molar-refractivity contribution < 1.29 is 18.7 Å². The first-order valence-electron chi connectivity index (χ1n) is 12.4. The lowest BCUT2D eigenvalue weighted by Crippen LogP contribution is -2.37. The molecule has 0 radical (unpaired) electrons. The molecule has 2 fully saturated rings. The molecule has 0 aliphatic carbocycles. The Hall–Kier alpha value is -3.31. The van der Waals surface area contributed by atoms with Crippen molar-refractivity contribution in [3.05, 3.63) is 30.2 Å². The summed E-state index contributed by atoms with van der Waals surface area (Å²) in [6.07, 6.45) is 3.04. The molecule has 2 saturated heterocycles. The maximum atomic E-state index is 15.0. The molecule has 2 aromatic heterocycles. The van der Waals surface area contributed by atoms with Crippen LogP contribution in [0.5, 0.6) is 0 Å². The van der Waals surface area contributed by atoms with E-state index in [2.05, 4.69) is 15.5 Å². The average molecular weight is 498 g/mol. The second-order valence-electron chi connectivity index (χ2n) is 10.1. The van der Waals surface area contributed by atoms with Gasteiger partial charge in [0, 0.05) is 18.7 Å². The molecule has 3 aromatic rings. The summed E-state index contributed by atoms with van der Waals surface area (Å²) in [5.41, 5.74) is 0.598. The number of fused-ring (bicyclic) bond motifs is 1. The van der Waals surface area contributed by atoms with Crippen LogP contribution >= 0.6 is 0 Å². The molecule has 0 saturated carbocycles. The Labute approximate surface area is 209 Å². The van der Waals surface area contributed by atoms with Gasteiger partial charge in [0.1, 0.15) is 17.2 Å². The molecular weight excluding hydrogens is 465 g/mol. The first kappa shape index (κ1) is 24.4. The van der Waals surface area contributed by atoms with Crippen LogP contribution in [-0.2, 0) is 9.47 Å². The minimum atomic E-state index is -0.715. The Balaban J connectivity index is 1.52. The molecule has 1 aromatic carbocycles. The zero-order valence-electron chi connectivity index (χ0n) is 20.9. The van der Waals surface area contributed by atoms with E-state index in [1.807, 2.05) is 10.9 Å². The van der Waals surface area contributed by atoms with E-state index in [1.165, 1.54) is 12.1 Å². The van der Waals surface area contributed by atoms with E-state index >= 15 is 4.39 Å². The summed E-state index contributed by atoms with van der Waals surface area (Å²) >= 11 is 0. The van der Waals surface area contributed by atoms with Crippen molar-refractivity contribution in [1.82, 2.24) is 25.1 Å². The number of hydrogen-bond acceptors (Lipinski definition) is 8. The fraction of sp³-hybridized carbons (Fsp3) is 0.520. The predicted molar refractivity (Wildman–Crippen MR) is 135 cm³/mol. The SMILES string of the molecule is CC(C)(C)OC(=O)Nc1ccc(-c2nc(N3CCOCC3)c3cnn(C4CCNCC4)c3n2)cc1F. The molecule has 36 heavy (non-hydrogen) atoms. The highest BCUT2D eigenvalue weighted by Crippen LogP contribution is 2.32. The Morgan fingerprint density at radius 1 is 1.19 bits per heavy atom. The van der Waals surface area contributed by atoms with E-state index in [4.69, 9.17) is 24.5 Å². The molecule has 2 aliphatic rings. The Morgan fingerprint density at radius 3 is 2.64 bits per heavy atom.